The fraction of sp³-hybridized carbons (Fsp3) is 0.619. The maximum atomic E-state index is 15.3. The molecular formula is C42H56N4O7S2. The molecule has 5 aliphatic rings. The summed E-state index contributed by atoms with van der Waals surface area (Å²) in [4.78, 5) is 30.9. The van der Waals surface area contributed by atoms with Crippen LogP contribution in [0.25, 0.3) is 22.2 Å². The minimum atomic E-state index is -3.85. The van der Waals surface area contributed by atoms with Crippen LogP contribution in [0, 0.1) is 23.2 Å². The third-order valence-corrected chi connectivity index (χ3v) is 17.4. The van der Waals surface area contributed by atoms with Crippen LogP contribution in [0.2, 0.25) is 0 Å². The normalized spacial score (nSPS) is 26.1. The van der Waals surface area contributed by atoms with Gasteiger partial charge in [-0.25, -0.2) is 25.9 Å². The molecule has 1 aromatic heterocycles. The van der Waals surface area contributed by atoms with E-state index in [2.05, 4.69) is 26.3 Å². The number of benzene rings is 2. The van der Waals surface area contributed by atoms with Crippen LogP contribution in [0.4, 0.5) is 0 Å². The quantitative estimate of drug-likeness (QED) is 0.283. The number of likely N-dealkylation sites (tertiary alicyclic amines) is 1. The molecule has 3 aliphatic heterocycles. The molecule has 55 heavy (non-hydrogen) atoms. The molecule has 2 saturated heterocycles. The van der Waals surface area contributed by atoms with E-state index in [1.165, 1.54) is 12.0 Å². The Kier molecular flexibility index (Phi) is 9.93. The average Bonchev–Trinajstić information content (AvgIpc) is 3.84. The predicted molar refractivity (Wildman–Crippen MR) is 214 cm³/mol. The summed E-state index contributed by atoms with van der Waals surface area (Å²) in [6, 6.07) is 11.8. The van der Waals surface area contributed by atoms with Crippen LogP contribution < -0.4 is 9.46 Å². The Hall–Kier alpha value is -3.42. The molecule has 4 atom stereocenters. The largest absolute Gasteiger partial charge is 0.497 e. The molecule has 1 N–H and O–H groups in total. The van der Waals surface area contributed by atoms with Crippen LogP contribution in [-0.4, -0.2) is 86.2 Å². The van der Waals surface area contributed by atoms with Gasteiger partial charge in [0.15, 0.2) is 0 Å². The molecule has 0 unspecified atom stereocenters. The number of hydrogen-bond donors (Lipinski definition) is 1. The van der Waals surface area contributed by atoms with E-state index in [-0.39, 0.29) is 29.2 Å². The summed E-state index contributed by atoms with van der Waals surface area (Å²) in [5.74, 6) is 0.788. The maximum absolute atomic E-state index is 15.3. The minimum absolute atomic E-state index is 0.0705. The molecule has 4 fully saturated rings. The first kappa shape index (κ1) is 38.5. The lowest BCUT2D eigenvalue weighted by atomic mass is 9.80. The molecule has 2 amide bonds. The van der Waals surface area contributed by atoms with Crippen molar-refractivity contribution in [2.75, 3.05) is 33.3 Å². The topological polar surface area (TPSA) is 135 Å². The molecule has 2 aliphatic carbocycles. The smallest absolute Gasteiger partial charge is 0.264 e. The maximum Gasteiger partial charge on any atom is 0.264 e. The highest BCUT2D eigenvalue weighted by Gasteiger charge is 2.62. The van der Waals surface area contributed by atoms with E-state index in [1.54, 1.807) is 45.2 Å². The number of carbonyl (C=O) groups excluding carboxylic acids is 2. The van der Waals surface area contributed by atoms with E-state index in [4.69, 9.17) is 4.74 Å². The lowest BCUT2D eigenvalue weighted by Crippen LogP contribution is -2.50. The summed E-state index contributed by atoms with van der Waals surface area (Å²) >= 11 is 0. The van der Waals surface area contributed by atoms with Crippen LogP contribution >= 0.6 is 0 Å². The Balaban J connectivity index is 1.24. The van der Waals surface area contributed by atoms with Gasteiger partial charge in [0.2, 0.25) is 26.0 Å². The number of carbonyl (C=O) groups is 2. The van der Waals surface area contributed by atoms with Crippen LogP contribution in [0.1, 0.15) is 106 Å². The van der Waals surface area contributed by atoms with Gasteiger partial charge in [-0.3, -0.25) is 9.59 Å². The fourth-order valence-corrected chi connectivity index (χ4v) is 12.2. The van der Waals surface area contributed by atoms with Crippen molar-refractivity contribution in [1.82, 2.24) is 18.5 Å². The SMILES string of the molecule is COc1ccc2c(c1)C[C@@H]1C[C@]1(C(=O)N1C[C@H]3CC[C@@H](C1)CN(S(=O)(=O)C(C)C)C3)Cn1c-2c(C2CCCCC2)c2ccc(C(=O)NS(=O)(=O)C(C)C)cc21. The number of amides is 2. The van der Waals surface area contributed by atoms with Gasteiger partial charge >= 0.3 is 0 Å². The summed E-state index contributed by atoms with van der Waals surface area (Å²) in [5, 5.41) is -0.204. The number of rotatable bonds is 8. The number of nitrogens with one attached hydrogen (secondary N) is 1. The lowest BCUT2D eigenvalue weighted by Gasteiger charge is -2.37. The number of ether oxygens (including phenoxy) is 1. The van der Waals surface area contributed by atoms with Crippen LogP contribution in [0.5, 0.6) is 5.75 Å². The molecule has 4 heterocycles. The molecule has 2 aromatic carbocycles. The van der Waals surface area contributed by atoms with Crippen LogP contribution in [-0.2, 0) is 37.8 Å². The van der Waals surface area contributed by atoms with Crippen molar-refractivity contribution >= 4 is 42.8 Å². The van der Waals surface area contributed by atoms with Gasteiger partial charge < -0.3 is 14.2 Å². The van der Waals surface area contributed by atoms with Crippen molar-refractivity contribution in [3.63, 3.8) is 0 Å². The molecular weight excluding hydrogens is 737 g/mol. The van der Waals surface area contributed by atoms with E-state index in [1.807, 2.05) is 18.2 Å². The lowest BCUT2D eigenvalue weighted by molar-refractivity contribution is -0.139. The Morgan fingerprint density at radius 1 is 0.855 bits per heavy atom. The van der Waals surface area contributed by atoms with Crippen LogP contribution in [0.15, 0.2) is 36.4 Å². The number of nitrogens with zero attached hydrogens (tertiary/aromatic N) is 3. The highest BCUT2D eigenvalue weighted by atomic mass is 32.2. The molecule has 0 spiro atoms. The molecule has 13 heteroatoms. The molecule has 2 saturated carbocycles. The van der Waals surface area contributed by atoms with Gasteiger partial charge in [0, 0.05) is 54.8 Å². The van der Waals surface area contributed by atoms with Gasteiger partial charge in [0.25, 0.3) is 5.91 Å². The Labute approximate surface area is 326 Å². The summed E-state index contributed by atoms with van der Waals surface area (Å²) in [6.07, 6.45) is 8.85. The zero-order valence-corrected chi connectivity index (χ0v) is 34.5. The predicted octanol–water partition coefficient (Wildman–Crippen LogP) is 6.30. The first-order chi connectivity index (χ1) is 26.1. The average molecular weight is 793 g/mol. The molecule has 11 nitrogen and oxygen atoms in total. The van der Waals surface area contributed by atoms with Crippen LogP contribution in [0.3, 0.4) is 0 Å². The second-order valence-corrected chi connectivity index (χ2v) is 22.4. The van der Waals surface area contributed by atoms with Crippen molar-refractivity contribution in [1.29, 1.82) is 0 Å². The molecule has 8 rings (SSSR count). The van der Waals surface area contributed by atoms with Crippen molar-refractivity contribution < 1.29 is 31.2 Å². The second-order valence-electron chi connectivity index (χ2n) is 17.7. The van der Waals surface area contributed by atoms with Gasteiger partial charge in [0.05, 0.1) is 28.7 Å². The zero-order valence-electron chi connectivity index (χ0n) is 32.8. The van der Waals surface area contributed by atoms with Gasteiger partial charge in [-0.15, -0.1) is 0 Å². The van der Waals surface area contributed by atoms with Crippen molar-refractivity contribution in [2.45, 2.75) is 108 Å². The first-order valence-corrected chi connectivity index (χ1v) is 23.4. The van der Waals surface area contributed by atoms with E-state index in [0.717, 1.165) is 84.8 Å². The monoisotopic (exact) mass is 792 g/mol. The van der Waals surface area contributed by atoms with Gasteiger partial charge in [0.1, 0.15) is 5.75 Å². The van der Waals surface area contributed by atoms with Gasteiger partial charge in [-0.1, -0.05) is 25.3 Å². The molecule has 298 valence electrons. The number of methoxy groups -OCH3 is 1. The third-order valence-electron chi connectivity index (χ3n) is 13.5. The number of aromatic nitrogens is 1. The summed E-state index contributed by atoms with van der Waals surface area (Å²) in [7, 11) is -5.58. The highest BCUT2D eigenvalue weighted by molar-refractivity contribution is 7.90. The number of sulfonamides is 2. The highest BCUT2D eigenvalue weighted by Crippen LogP contribution is 2.60. The standard InChI is InChI=1S/C42H56N4O7S2/c1-26(2)54(49,50)43-40(47)31-13-15-36-37(19-31)46-25-42(41(48)44-21-28-11-12-29(22-44)24-45(23-28)55(51,52)27(3)4)20-33(42)17-32-18-34(53-5)14-16-35(32)39(46)38(36)30-9-7-6-8-10-30/h13-16,18-19,26-30,33H,6-12,17,20-25H2,1-5H3,(H,43,47)/t28-,29+,33-,42+/m1/s1. The summed E-state index contributed by atoms with van der Waals surface area (Å²) in [5.41, 5.74) is 5.03. The van der Waals surface area contributed by atoms with E-state index >= 15 is 4.79 Å². The number of fused-ring (bicyclic) bond motifs is 9. The van der Waals surface area contributed by atoms with E-state index < -0.39 is 41.9 Å². The Morgan fingerprint density at radius 3 is 2.18 bits per heavy atom. The second kappa shape index (κ2) is 14.2. The van der Waals surface area contributed by atoms with Crippen molar-refractivity contribution in [3.05, 3.63) is 53.1 Å². The number of hydrogen-bond acceptors (Lipinski definition) is 7. The third kappa shape index (κ3) is 6.79. The van der Waals surface area contributed by atoms with E-state index in [9.17, 15) is 21.6 Å². The molecule has 3 aromatic rings. The van der Waals surface area contributed by atoms with Gasteiger partial charge in [-0.2, -0.15) is 0 Å². The molecule has 2 bridgehead atoms. The Bertz CT molecular complexity index is 2230. The fourth-order valence-electron chi connectivity index (χ4n) is 10.2. The summed E-state index contributed by atoms with van der Waals surface area (Å²) < 4.78 is 64.1. The van der Waals surface area contributed by atoms with Gasteiger partial charge in [-0.05, 0) is 131 Å². The first-order valence-electron chi connectivity index (χ1n) is 20.3. The van der Waals surface area contributed by atoms with E-state index in [0.29, 0.717) is 38.6 Å². The summed E-state index contributed by atoms with van der Waals surface area (Å²) in [6.45, 7) is 8.99. The van der Waals surface area contributed by atoms with Crippen molar-refractivity contribution in [3.8, 4) is 17.0 Å². The zero-order chi connectivity index (χ0) is 39.0. The van der Waals surface area contributed by atoms with Crippen molar-refractivity contribution in [2.24, 2.45) is 23.2 Å². The Morgan fingerprint density at radius 2 is 1.55 bits per heavy atom. The minimum Gasteiger partial charge on any atom is -0.497 e. The molecule has 0 radical (unpaired) electrons.